The zero-order chi connectivity index (χ0) is 39.1. The number of rotatable bonds is 6. The van der Waals surface area contributed by atoms with Crippen molar-refractivity contribution >= 4 is 70.7 Å². The van der Waals surface area contributed by atoms with E-state index in [1.807, 2.05) is 17.4 Å². The molecule has 280 valence electrons. The fourth-order valence-electron chi connectivity index (χ4n) is 8.47. The van der Waals surface area contributed by atoms with E-state index in [2.05, 4.69) is 188 Å². The molecule has 0 N–H and O–H groups in total. The Morgan fingerprint density at radius 2 is 1.07 bits per heavy atom. The topological polar surface area (TPSA) is 37.9 Å². The Morgan fingerprint density at radius 3 is 1.92 bits per heavy atom. The highest BCUT2D eigenvalue weighted by atomic mass is 32.1. The Balaban J connectivity index is 1.07. The summed E-state index contributed by atoms with van der Waals surface area (Å²) in [5.41, 5.74) is 13.7. The highest BCUT2D eigenvalue weighted by Crippen LogP contribution is 2.42. The van der Waals surface area contributed by atoms with Gasteiger partial charge >= 0.3 is 0 Å². The average molecular weight is 775 g/mol. The first-order valence-corrected chi connectivity index (χ1v) is 21.1. The van der Waals surface area contributed by atoms with Crippen LogP contribution in [0.15, 0.2) is 209 Å². The number of allylic oxidation sites excluding steroid dienone is 1. The van der Waals surface area contributed by atoms with Crippen molar-refractivity contribution in [3.63, 3.8) is 0 Å². The molecule has 0 radical (unpaired) electrons. The molecule has 11 rings (SSSR count). The smallest absolute Gasteiger partial charge is 0.160 e. The molecule has 0 unspecified atom stereocenters. The van der Waals surface area contributed by atoms with Crippen molar-refractivity contribution in [2.75, 3.05) is 0 Å². The predicted molar refractivity (Wildman–Crippen MR) is 251 cm³/mol. The molecule has 1 aliphatic rings. The maximum absolute atomic E-state index is 6.66. The molecule has 0 aliphatic carbocycles. The maximum atomic E-state index is 6.66. The molecular formula is C55H38N2OS. The molecule has 4 heteroatoms. The Labute approximate surface area is 347 Å². The van der Waals surface area contributed by atoms with Gasteiger partial charge in [-0.25, -0.2) is 9.98 Å². The van der Waals surface area contributed by atoms with Crippen molar-refractivity contribution in [1.82, 2.24) is 0 Å². The number of hydrogen-bond acceptors (Lipinski definition) is 4. The van der Waals surface area contributed by atoms with Crippen LogP contribution in [-0.4, -0.2) is 11.5 Å². The van der Waals surface area contributed by atoms with E-state index in [1.54, 1.807) is 0 Å². The van der Waals surface area contributed by atoms with E-state index < -0.39 is 0 Å². The van der Waals surface area contributed by atoms with Crippen LogP contribution in [0, 0.1) is 0 Å². The van der Waals surface area contributed by atoms with Crippen LogP contribution in [0.5, 0.6) is 0 Å². The highest BCUT2D eigenvalue weighted by Gasteiger charge is 2.19. The molecule has 59 heavy (non-hydrogen) atoms. The van der Waals surface area contributed by atoms with Gasteiger partial charge in [-0.05, 0) is 101 Å². The molecule has 1 aliphatic heterocycles. The third-order valence-corrected chi connectivity index (χ3v) is 12.6. The first-order chi connectivity index (χ1) is 29.2. The second-order valence-electron chi connectivity index (χ2n) is 15.2. The van der Waals surface area contributed by atoms with Gasteiger partial charge in [-0.3, -0.25) is 0 Å². The number of amidine groups is 1. The second-order valence-corrected chi connectivity index (χ2v) is 16.3. The van der Waals surface area contributed by atoms with Crippen molar-refractivity contribution in [3.8, 4) is 33.4 Å². The van der Waals surface area contributed by atoms with Crippen LogP contribution >= 0.6 is 11.3 Å². The van der Waals surface area contributed by atoms with E-state index >= 15 is 0 Å². The molecule has 10 aromatic rings. The highest BCUT2D eigenvalue weighted by molar-refractivity contribution is 7.25. The van der Waals surface area contributed by atoms with Crippen LogP contribution in [0.2, 0.25) is 0 Å². The molecule has 0 fully saturated rings. The minimum absolute atomic E-state index is 0.696. The number of thiophene rings is 1. The molecule has 2 aromatic heterocycles. The molecule has 3 heterocycles. The quantitative estimate of drug-likeness (QED) is 0.166. The number of hydrogen-bond donors (Lipinski definition) is 0. The van der Waals surface area contributed by atoms with E-state index in [9.17, 15) is 0 Å². The summed E-state index contributed by atoms with van der Waals surface area (Å²) in [5.74, 6) is 0.696. The van der Waals surface area contributed by atoms with Gasteiger partial charge in [0.15, 0.2) is 5.84 Å². The lowest BCUT2D eigenvalue weighted by Gasteiger charge is -2.12. The second kappa shape index (κ2) is 15.0. The Morgan fingerprint density at radius 1 is 0.424 bits per heavy atom. The van der Waals surface area contributed by atoms with Crippen LogP contribution in [0.3, 0.4) is 0 Å². The lowest BCUT2D eigenvalue weighted by molar-refractivity contribution is 0.669. The molecular weight excluding hydrogens is 737 g/mol. The van der Waals surface area contributed by atoms with Gasteiger partial charge < -0.3 is 4.42 Å². The first kappa shape index (κ1) is 35.1. The number of benzene rings is 8. The number of aliphatic imine (C=N–C) groups is 2. The first-order valence-electron chi connectivity index (χ1n) is 20.3. The number of nitrogens with zero attached hydrogens (tertiary/aromatic N) is 2. The van der Waals surface area contributed by atoms with Crippen molar-refractivity contribution in [2.24, 2.45) is 9.98 Å². The maximum Gasteiger partial charge on any atom is 0.160 e. The fourth-order valence-corrected chi connectivity index (χ4v) is 9.56. The molecule has 0 saturated heterocycles. The normalized spacial score (nSPS) is 13.5. The van der Waals surface area contributed by atoms with Gasteiger partial charge in [0.25, 0.3) is 0 Å². The van der Waals surface area contributed by atoms with Gasteiger partial charge in [-0.15, -0.1) is 11.3 Å². The fraction of sp³-hybridized carbons (Fsp3) is 0.0545. The lowest BCUT2D eigenvalue weighted by Crippen LogP contribution is -2.07. The molecule has 0 bridgehead atoms. The van der Waals surface area contributed by atoms with Crippen LogP contribution < -0.4 is 0 Å². The summed E-state index contributed by atoms with van der Waals surface area (Å²) >= 11 is 1.85. The summed E-state index contributed by atoms with van der Waals surface area (Å²) < 4.78 is 9.28. The Kier molecular flexibility index (Phi) is 8.90. The zero-order valence-electron chi connectivity index (χ0n) is 32.3. The van der Waals surface area contributed by atoms with Crippen molar-refractivity contribution in [1.29, 1.82) is 0 Å². The van der Waals surface area contributed by atoms with Crippen molar-refractivity contribution in [3.05, 3.63) is 211 Å². The van der Waals surface area contributed by atoms with E-state index in [-0.39, 0.29) is 0 Å². The van der Waals surface area contributed by atoms with Crippen molar-refractivity contribution in [2.45, 2.75) is 19.3 Å². The number of para-hydroxylation sites is 1. The minimum Gasteiger partial charge on any atom is -0.456 e. The number of fused-ring (bicyclic) bond motifs is 6. The van der Waals surface area contributed by atoms with E-state index in [0.29, 0.717) is 5.84 Å². The standard InChI is InChI=1S/C55H38N2OS/c1-3-14-36(15-4-1)37-26-28-39(29-27-37)55-56-48(38-16-5-2-6-17-38)22-9-10-23-49(57-55)43-34-46(54-45-21-7-11-24-50(45)58-51(54)35-43)42-19-13-18-40(32-42)41-30-31-53-47(33-41)44-20-8-12-25-52(44)59-53/h1-8,11-21,23-35H,9-10,22H2. The molecule has 0 saturated carbocycles. The molecule has 0 spiro atoms. The van der Waals surface area contributed by atoms with E-state index in [1.165, 1.54) is 36.9 Å². The van der Waals surface area contributed by atoms with E-state index in [4.69, 9.17) is 14.4 Å². The van der Waals surface area contributed by atoms with Crippen LogP contribution in [0.25, 0.3) is 81.2 Å². The average Bonchev–Trinajstić information content (AvgIpc) is 3.90. The predicted octanol–water partition coefficient (Wildman–Crippen LogP) is 15.4. The monoisotopic (exact) mass is 774 g/mol. The van der Waals surface area contributed by atoms with Gasteiger partial charge in [0.05, 0.1) is 11.4 Å². The van der Waals surface area contributed by atoms with Gasteiger partial charge in [0, 0.05) is 42.1 Å². The van der Waals surface area contributed by atoms with Crippen LogP contribution in [-0.2, 0) is 0 Å². The summed E-state index contributed by atoms with van der Waals surface area (Å²) in [6.07, 6.45) is 4.96. The van der Waals surface area contributed by atoms with Crippen molar-refractivity contribution < 1.29 is 4.42 Å². The summed E-state index contributed by atoms with van der Waals surface area (Å²) in [6.45, 7) is 0. The lowest BCUT2D eigenvalue weighted by atomic mass is 9.93. The summed E-state index contributed by atoms with van der Waals surface area (Å²) in [4.78, 5) is 10.8. The largest absolute Gasteiger partial charge is 0.456 e. The van der Waals surface area contributed by atoms with Gasteiger partial charge in [0.2, 0.25) is 0 Å². The van der Waals surface area contributed by atoms with Crippen LogP contribution in [0.4, 0.5) is 0 Å². The van der Waals surface area contributed by atoms with E-state index in [0.717, 1.165) is 86.0 Å². The SMILES string of the molecule is C1=C(c2cc(-c3cccc(-c4ccc5sc6ccccc6c5c4)c3)c3c(c2)oc2ccccc23)N=C(c2ccc(-c3ccccc3)cc2)N=C(c2ccccc2)CCC1. The van der Waals surface area contributed by atoms with Crippen LogP contribution in [0.1, 0.15) is 36.0 Å². The third-order valence-electron chi connectivity index (χ3n) is 11.4. The van der Waals surface area contributed by atoms with Gasteiger partial charge in [-0.2, -0.15) is 0 Å². The molecule has 3 nitrogen and oxygen atoms in total. The number of furan rings is 1. The zero-order valence-corrected chi connectivity index (χ0v) is 33.1. The van der Waals surface area contributed by atoms with Gasteiger partial charge in [0.1, 0.15) is 11.2 Å². The molecule has 0 amide bonds. The summed E-state index contributed by atoms with van der Waals surface area (Å²) in [6, 6.07) is 67.0. The summed E-state index contributed by atoms with van der Waals surface area (Å²) in [7, 11) is 0. The summed E-state index contributed by atoms with van der Waals surface area (Å²) in [5, 5.41) is 4.81. The van der Waals surface area contributed by atoms with Gasteiger partial charge in [-0.1, -0.05) is 152 Å². The Bertz CT molecular complexity index is 3280. The third kappa shape index (κ3) is 6.68. The molecule has 0 atom stereocenters. The molecule has 8 aromatic carbocycles. The minimum atomic E-state index is 0.696. The Hall–Kier alpha value is -7.14.